The molecule has 5 rings (SSSR count). The molecule has 2 saturated heterocycles. The van der Waals surface area contributed by atoms with Gasteiger partial charge in [-0.2, -0.15) is 0 Å². The molecule has 6 nitrogen and oxygen atoms in total. The molecule has 0 aliphatic carbocycles. The number of nitrogens with zero attached hydrogens (tertiary/aromatic N) is 2. The maximum atomic E-state index is 12.9. The molecule has 2 aliphatic rings. The van der Waals surface area contributed by atoms with Crippen molar-refractivity contribution in [2.75, 3.05) is 39.3 Å². The summed E-state index contributed by atoms with van der Waals surface area (Å²) < 4.78 is 5.98. The van der Waals surface area contributed by atoms with Gasteiger partial charge in [0.15, 0.2) is 11.6 Å². The summed E-state index contributed by atoms with van der Waals surface area (Å²) in [5.41, 5.74) is 2.94. The van der Waals surface area contributed by atoms with E-state index in [9.17, 15) is 9.59 Å². The van der Waals surface area contributed by atoms with E-state index in [1.807, 2.05) is 36.4 Å². The van der Waals surface area contributed by atoms with Crippen LogP contribution in [0, 0.1) is 0 Å². The van der Waals surface area contributed by atoms with Crippen molar-refractivity contribution in [3.8, 4) is 0 Å². The minimum atomic E-state index is 0. The third-order valence-electron chi connectivity index (χ3n) is 6.74. The van der Waals surface area contributed by atoms with E-state index in [-0.39, 0.29) is 41.9 Å². The van der Waals surface area contributed by atoms with E-state index in [1.165, 1.54) is 38.5 Å². The van der Waals surface area contributed by atoms with Gasteiger partial charge in [-0.05, 0) is 88.3 Å². The zero-order valence-corrected chi connectivity index (χ0v) is 21.0. The fourth-order valence-electron chi connectivity index (χ4n) is 4.95. The van der Waals surface area contributed by atoms with Crippen molar-refractivity contribution < 1.29 is 19.5 Å². The number of carbonyl (C=O) groups is 2. The van der Waals surface area contributed by atoms with Crippen LogP contribution in [0.2, 0.25) is 0 Å². The maximum Gasteiger partial charge on any atom is 0.176 e. The van der Waals surface area contributed by atoms with E-state index in [0.717, 1.165) is 48.1 Å². The van der Waals surface area contributed by atoms with Crippen molar-refractivity contribution in [2.45, 2.75) is 38.5 Å². The number of hydrogen-bond acceptors (Lipinski definition) is 5. The summed E-state index contributed by atoms with van der Waals surface area (Å²) in [5.74, 6) is 0.297. The van der Waals surface area contributed by atoms with Crippen molar-refractivity contribution in [3.05, 3.63) is 47.5 Å². The van der Waals surface area contributed by atoms with Gasteiger partial charge >= 0.3 is 0 Å². The molecule has 3 heterocycles. The first-order valence-electron chi connectivity index (χ1n) is 11.6. The van der Waals surface area contributed by atoms with Gasteiger partial charge in [0.1, 0.15) is 11.2 Å². The number of ketones is 2. The number of halogens is 2. The molecular weight excluding hydrogens is 475 g/mol. The van der Waals surface area contributed by atoms with E-state index in [1.54, 1.807) is 0 Å². The zero-order chi connectivity index (χ0) is 21.2. The first kappa shape index (κ1) is 28.3. The standard InChI is InChI=1S/C26H30N2O3.2ClH.H2O/c29-23(17-27-11-3-1-4-12-27)19-7-9-25-21(15-19)22-16-20(8-10-26(22)31-25)24(30)18-28-13-5-2-6-14-28;;;/h7-10,15-16H,1-6,11-14,17-18H2;2*1H;1H2. The predicted molar refractivity (Wildman–Crippen MR) is 141 cm³/mol. The quantitative estimate of drug-likeness (QED) is 0.440. The van der Waals surface area contributed by atoms with Crippen LogP contribution in [0.4, 0.5) is 0 Å². The van der Waals surface area contributed by atoms with Gasteiger partial charge in [-0.1, -0.05) is 12.8 Å². The van der Waals surface area contributed by atoms with Gasteiger partial charge in [0.2, 0.25) is 0 Å². The third-order valence-corrected chi connectivity index (χ3v) is 6.74. The molecule has 2 aliphatic heterocycles. The average Bonchev–Trinajstić information content (AvgIpc) is 3.17. The second-order valence-corrected chi connectivity index (χ2v) is 9.04. The van der Waals surface area contributed by atoms with Crippen molar-refractivity contribution >= 4 is 58.3 Å². The van der Waals surface area contributed by atoms with Crippen LogP contribution in [0.1, 0.15) is 59.2 Å². The number of piperidine rings is 2. The first-order chi connectivity index (χ1) is 15.2. The number of furan rings is 1. The normalized spacial score (nSPS) is 16.9. The highest BCUT2D eigenvalue weighted by atomic mass is 35.5. The number of fused-ring (bicyclic) bond motifs is 3. The lowest BCUT2D eigenvalue weighted by Gasteiger charge is -2.25. The molecule has 3 aromatic rings. The second-order valence-electron chi connectivity index (χ2n) is 9.04. The summed E-state index contributed by atoms with van der Waals surface area (Å²) in [6, 6.07) is 11.4. The summed E-state index contributed by atoms with van der Waals surface area (Å²) in [6.07, 6.45) is 7.21. The molecule has 1 aromatic heterocycles. The molecule has 0 bridgehead atoms. The molecule has 0 saturated carbocycles. The lowest BCUT2D eigenvalue weighted by Crippen LogP contribution is -2.34. The Morgan fingerprint density at radius 2 is 1.03 bits per heavy atom. The van der Waals surface area contributed by atoms with Crippen LogP contribution in [0.25, 0.3) is 21.9 Å². The van der Waals surface area contributed by atoms with Crippen molar-refractivity contribution in [1.82, 2.24) is 9.80 Å². The Kier molecular flexibility index (Phi) is 10.5. The molecule has 2 fully saturated rings. The number of carbonyl (C=O) groups excluding carboxylic acids is 2. The number of Topliss-reactive ketones (excluding diaryl/α,β-unsaturated/α-hetero) is 2. The number of rotatable bonds is 6. The monoisotopic (exact) mass is 508 g/mol. The minimum Gasteiger partial charge on any atom is -0.456 e. The Morgan fingerprint density at radius 3 is 1.41 bits per heavy atom. The van der Waals surface area contributed by atoms with E-state index in [2.05, 4.69) is 9.80 Å². The van der Waals surface area contributed by atoms with Crippen molar-refractivity contribution in [2.24, 2.45) is 0 Å². The molecule has 0 unspecified atom stereocenters. The Morgan fingerprint density at radius 1 is 0.647 bits per heavy atom. The Balaban J connectivity index is 0.00000136. The Bertz CT molecular complexity index is 1030. The van der Waals surface area contributed by atoms with Crippen LogP contribution in [0.5, 0.6) is 0 Å². The zero-order valence-electron chi connectivity index (χ0n) is 19.4. The van der Waals surface area contributed by atoms with Crippen LogP contribution >= 0.6 is 24.8 Å². The number of benzene rings is 2. The van der Waals surface area contributed by atoms with Crippen LogP contribution in [0.15, 0.2) is 40.8 Å². The largest absolute Gasteiger partial charge is 0.456 e. The second kappa shape index (κ2) is 12.7. The molecule has 2 aromatic carbocycles. The van der Waals surface area contributed by atoms with Gasteiger partial charge < -0.3 is 9.89 Å². The predicted octanol–water partition coefficient (Wildman–Crippen LogP) is 4.94. The van der Waals surface area contributed by atoms with Crippen molar-refractivity contribution in [1.29, 1.82) is 0 Å². The van der Waals surface area contributed by atoms with Gasteiger partial charge in [0, 0.05) is 21.9 Å². The summed E-state index contributed by atoms with van der Waals surface area (Å²) in [5, 5.41) is 1.82. The van der Waals surface area contributed by atoms with Gasteiger partial charge in [-0.15, -0.1) is 24.8 Å². The van der Waals surface area contributed by atoms with Gasteiger partial charge in [0.05, 0.1) is 13.1 Å². The van der Waals surface area contributed by atoms with Crippen LogP contribution in [0.3, 0.4) is 0 Å². The van der Waals surface area contributed by atoms with Gasteiger partial charge in [0.25, 0.3) is 0 Å². The lowest BCUT2D eigenvalue weighted by molar-refractivity contribution is 0.0908. The Labute approximate surface area is 212 Å². The highest BCUT2D eigenvalue weighted by molar-refractivity contribution is 6.11. The average molecular weight is 509 g/mol. The molecule has 0 spiro atoms. The molecule has 0 atom stereocenters. The van der Waals surface area contributed by atoms with E-state index < -0.39 is 0 Å². The first-order valence-corrected chi connectivity index (χ1v) is 11.6. The summed E-state index contributed by atoms with van der Waals surface area (Å²) in [6.45, 7) is 4.97. The number of hydrogen-bond donors (Lipinski definition) is 0. The fraction of sp³-hybridized carbons (Fsp3) is 0.462. The van der Waals surface area contributed by atoms with Gasteiger partial charge in [-0.25, -0.2) is 0 Å². The molecule has 0 amide bonds. The van der Waals surface area contributed by atoms with E-state index in [0.29, 0.717) is 24.2 Å². The molecule has 2 N–H and O–H groups in total. The molecule has 0 radical (unpaired) electrons. The summed E-state index contributed by atoms with van der Waals surface area (Å²) >= 11 is 0. The highest BCUT2D eigenvalue weighted by Crippen LogP contribution is 2.30. The topological polar surface area (TPSA) is 85.3 Å². The van der Waals surface area contributed by atoms with E-state index in [4.69, 9.17) is 4.42 Å². The highest BCUT2D eigenvalue weighted by Gasteiger charge is 2.19. The van der Waals surface area contributed by atoms with Gasteiger partial charge in [-0.3, -0.25) is 19.4 Å². The number of likely N-dealkylation sites (tertiary alicyclic amines) is 2. The summed E-state index contributed by atoms with van der Waals surface area (Å²) in [4.78, 5) is 30.3. The van der Waals surface area contributed by atoms with Crippen LogP contribution in [-0.4, -0.2) is 66.1 Å². The molecule has 8 heteroatoms. The SMILES string of the molecule is Cl.Cl.O.O=C(CN1CCCCC1)c1ccc2oc3ccc(C(=O)CN4CCCCC4)cc3c2c1. The van der Waals surface area contributed by atoms with Crippen LogP contribution < -0.4 is 0 Å². The molecular formula is C26H34Cl2N2O4. The maximum absolute atomic E-state index is 12.9. The smallest absolute Gasteiger partial charge is 0.176 e. The molecule has 186 valence electrons. The van der Waals surface area contributed by atoms with Crippen LogP contribution in [-0.2, 0) is 0 Å². The Hall–Kier alpha value is -1.96. The van der Waals surface area contributed by atoms with Crippen molar-refractivity contribution in [3.63, 3.8) is 0 Å². The molecule has 34 heavy (non-hydrogen) atoms. The minimum absolute atomic E-state index is 0. The summed E-state index contributed by atoms with van der Waals surface area (Å²) in [7, 11) is 0. The lowest BCUT2D eigenvalue weighted by atomic mass is 10.0. The fourth-order valence-corrected chi connectivity index (χ4v) is 4.95. The third kappa shape index (κ3) is 6.18. The van der Waals surface area contributed by atoms with E-state index >= 15 is 0 Å².